The largest absolute Gasteiger partial charge is 0.378 e. The van der Waals surface area contributed by atoms with E-state index in [2.05, 4.69) is 124 Å². The lowest BCUT2D eigenvalue weighted by molar-refractivity contribution is 0.474. The summed E-state index contributed by atoms with van der Waals surface area (Å²) in [6.07, 6.45) is 3.91. The van der Waals surface area contributed by atoms with Crippen LogP contribution in [0.15, 0.2) is 79.0 Å². The van der Waals surface area contributed by atoms with E-state index in [1.807, 2.05) is 12.3 Å². The molecule has 0 saturated carbocycles. The fourth-order valence-electron chi connectivity index (χ4n) is 6.54. The van der Waals surface area contributed by atoms with Crippen molar-refractivity contribution in [3.8, 4) is 11.3 Å². The van der Waals surface area contributed by atoms with Gasteiger partial charge in [0.25, 0.3) is 0 Å². The van der Waals surface area contributed by atoms with Crippen molar-refractivity contribution in [3.05, 3.63) is 112 Å². The number of anilines is 2. The predicted molar refractivity (Wildman–Crippen MR) is 152 cm³/mol. The summed E-state index contributed by atoms with van der Waals surface area (Å²) < 4.78 is 0. The molecule has 1 spiro atoms. The van der Waals surface area contributed by atoms with E-state index in [4.69, 9.17) is 0 Å². The number of fused-ring (bicyclic) bond motifs is 5. The normalized spacial score (nSPS) is 16.3. The van der Waals surface area contributed by atoms with E-state index in [-0.39, 0.29) is 10.8 Å². The van der Waals surface area contributed by atoms with Crippen molar-refractivity contribution < 1.29 is 0 Å². The van der Waals surface area contributed by atoms with Gasteiger partial charge in [-0.15, -0.1) is 0 Å². The third kappa shape index (κ3) is 3.29. The number of hydrogen-bond donors (Lipinski definition) is 0. The smallest absolute Gasteiger partial charge is 0.0702 e. The summed E-state index contributed by atoms with van der Waals surface area (Å²) in [5.74, 6) is 0. The molecule has 0 bridgehead atoms. The molecular formula is C33H35N3. The Kier molecular flexibility index (Phi) is 5.05. The standard InChI is InChI=1S/C33H35N3/c1-32(2)27-14-12-25(35(3)4)18-29(27)33(30-19-26(36(5)6)13-15-28(30)32)20-23-11-10-22(17-24(23)21-33)31-9-7-8-16-34-31/h7-19H,20-21H2,1-6H3. The van der Waals surface area contributed by atoms with Gasteiger partial charge in [0.2, 0.25) is 0 Å². The first-order chi connectivity index (χ1) is 17.2. The SMILES string of the molecule is CN(C)c1ccc2c(c1)C1(Cc3ccc(-c4ccccn4)cc3C1)c1cc(N(C)C)ccc1C2(C)C. The molecule has 0 atom stereocenters. The second-order valence-corrected chi connectivity index (χ2v) is 11.5. The maximum atomic E-state index is 4.62. The minimum atomic E-state index is -0.0801. The van der Waals surface area contributed by atoms with Gasteiger partial charge in [0.05, 0.1) is 5.69 Å². The predicted octanol–water partition coefficient (Wildman–Crippen LogP) is 6.60. The van der Waals surface area contributed by atoms with Crippen molar-refractivity contribution in [1.82, 2.24) is 4.98 Å². The Morgan fingerprint density at radius 2 is 1.25 bits per heavy atom. The number of pyridine rings is 1. The first-order valence-corrected chi connectivity index (χ1v) is 12.9. The molecular weight excluding hydrogens is 438 g/mol. The van der Waals surface area contributed by atoms with Crippen LogP contribution in [0.25, 0.3) is 11.3 Å². The highest BCUT2D eigenvalue weighted by molar-refractivity contribution is 5.70. The number of benzene rings is 3. The molecule has 4 aromatic rings. The van der Waals surface area contributed by atoms with E-state index in [0.29, 0.717) is 0 Å². The number of aromatic nitrogens is 1. The van der Waals surface area contributed by atoms with Crippen molar-refractivity contribution in [2.75, 3.05) is 38.0 Å². The molecule has 1 aromatic heterocycles. The van der Waals surface area contributed by atoms with Gasteiger partial charge in [-0.1, -0.05) is 44.2 Å². The molecule has 0 fully saturated rings. The van der Waals surface area contributed by atoms with Gasteiger partial charge in [-0.05, 0) is 88.7 Å². The number of nitrogens with zero attached hydrogens (tertiary/aromatic N) is 3. The van der Waals surface area contributed by atoms with Crippen LogP contribution in [0.4, 0.5) is 11.4 Å². The van der Waals surface area contributed by atoms with Gasteiger partial charge >= 0.3 is 0 Å². The molecule has 3 heteroatoms. The van der Waals surface area contributed by atoms with Crippen molar-refractivity contribution in [3.63, 3.8) is 0 Å². The van der Waals surface area contributed by atoms with Gasteiger partial charge in [0, 0.05) is 62.2 Å². The van der Waals surface area contributed by atoms with Gasteiger partial charge < -0.3 is 9.80 Å². The lowest BCUT2D eigenvalue weighted by Gasteiger charge is -2.46. The lowest BCUT2D eigenvalue weighted by atomic mass is 9.57. The monoisotopic (exact) mass is 473 g/mol. The summed E-state index contributed by atoms with van der Waals surface area (Å²) in [6.45, 7) is 4.78. The van der Waals surface area contributed by atoms with Crippen LogP contribution in [0.1, 0.15) is 47.2 Å². The highest BCUT2D eigenvalue weighted by Gasteiger charge is 2.50. The van der Waals surface area contributed by atoms with Crippen LogP contribution in [0.5, 0.6) is 0 Å². The van der Waals surface area contributed by atoms with Crippen LogP contribution >= 0.6 is 0 Å². The van der Waals surface area contributed by atoms with Crippen LogP contribution in [-0.2, 0) is 23.7 Å². The van der Waals surface area contributed by atoms with E-state index >= 15 is 0 Å². The zero-order chi connectivity index (χ0) is 25.2. The summed E-state index contributed by atoms with van der Waals surface area (Å²) in [5.41, 5.74) is 13.4. The van der Waals surface area contributed by atoms with Crippen molar-refractivity contribution in [2.45, 2.75) is 37.5 Å². The highest BCUT2D eigenvalue weighted by atomic mass is 15.1. The molecule has 36 heavy (non-hydrogen) atoms. The van der Waals surface area contributed by atoms with Gasteiger partial charge in [-0.2, -0.15) is 0 Å². The van der Waals surface area contributed by atoms with Crippen LogP contribution in [0.3, 0.4) is 0 Å². The molecule has 0 N–H and O–H groups in total. The molecule has 0 radical (unpaired) electrons. The van der Waals surface area contributed by atoms with Crippen molar-refractivity contribution in [1.29, 1.82) is 0 Å². The quantitative estimate of drug-likeness (QED) is 0.334. The average molecular weight is 474 g/mol. The minimum Gasteiger partial charge on any atom is -0.378 e. The Morgan fingerprint density at radius 1 is 0.639 bits per heavy atom. The summed E-state index contributed by atoms with van der Waals surface area (Å²) in [5, 5.41) is 0. The van der Waals surface area contributed by atoms with Gasteiger partial charge in [0.1, 0.15) is 0 Å². The van der Waals surface area contributed by atoms with E-state index in [1.165, 1.54) is 50.3 Å². The zero-order valence-corrected chi connectivity index (χ0v) is 22.3. The van der Waals surface area contributed by atoms with E-state index < -0.39 is 0 Å². The average Bonchev–Trinajstić information content (AvgIpc) is 3.27. The molecule has 0 aliphatic heterocycles. The molecule has 2 aliphatic carbocycles. The van der Waals surface area contributed by atoms with Gasteiger partial charge in [-0.3, -0.25) is 4.98 Å². The first-order valence-electron chi connectivity index (χ1n) is 12.9. The van der Waals surface area contributed by atoms with Gasteiger partial charge in [0.15, 0.2) is 0 Å². The van der Waals surface area contributed by atoms with Gasteiger partial charge in [-0.25, -0.2) is 0 Å². The molecule has 3 nitrogen and oxygen atoms in total. The third-order valence-electron chi connectivity index (χ3n) is 8.57. The van der Waals surface area contributed by atoms with E-state index in [9.17, 15) is 0 Å². The summed E-state index contributed by atoms with van der Waals surface area (Å²) in [4.78, 5) is 9.08. The molecule has 1 heterocycles. The molecule has 0 amide bonds. The molecule has 0 saturated heterocycles. The molecule has 3 aromatic carbocycles. The number of rotatable bonds is 3. The highest BCUT2D eigenvalue weighted by Crippen LogP contribution is 2.56. The lowest BCUT2D eigenvalue weighted by Crippen LogP contribution is -2.41. The van der Waals surface area contributed by atoms with Crippen molar-refractivity contribution >= 4 is 11.4 Å². The third-order valence-corrected chi connectivity index (χ3v) is 8.57. The number of hydrogen-bond acceptors (Lipinski definition) is 3. The summed E-state index contributed by atoms with van der Waals surface area (Å²) in [7, 11) is 8.57. The summed E-state index contributed by atoms with van der Waals surface area (Å²) >= 11 is 0. The van der Waals surface area contributed by atoms with E-state index in [0.717, 1.165) is 18.5 Å². The minimum absolute atomic E-state index is 0.0561. The van der Waals surface area contributed by atoms with Crippen molar-refractivity contribution in [2.24, 2.45) is 0 Å². The second-order valence-electron chi connectivity index (χ2n) is 11.5. The molecule has 6 rings (SSSR count). The Hall–Kier alpha value is -3.59. The Bertz CT molecular complexity index is 1400. The fraction of sp³-hybridized carbons (Fsp3) is 0.303. The first kappa shape index (κ1) is 22.8. The molecule has 2 aliphatic rings. The second kappa shape index (κ2) is 7.96. The Morgan fingerprint density at radius 3 is 1.81 bits per heavy atom. The zero-order valence-electron chi connectivity index (χ0n) is 22.3. The molecule has 0 unspecified atom stereocenters. The Labute approximate surface area is 215 Å². The van der Waals surface area contributed by atoms with Crippen LogP contribution in [0, 0.1) is 0 Å². The van der Waals surface area contributed by atoms with Crippen LogP contribution < -0.4 is 9.80 Å². The maximum Gasteiger partial charge on any atom is 0.0702 e. The van der Waals surface area contributed by atoms with Crippen LogP contribution in [0.2, 0.25) is 0 Å². The fourth-order valence-corrected chi connectivity index (χ4v) is 6.54. The Balaban J connectivity index is 1.59. The van der Waals surface area contributed by atoms with E-state index in [1.54, 1.807) is 0 Å². The summed E-state index contributed by atoms with van der Waals surface area (Å²) in [6, 6.07) is 27.4. The molecule has 182 valence electrons. The topological polar surface area (TPSA) is 19.4 Å². The maximum absolute atomic E-state index is 4.62. The van der Waals surface area contributed by atoms with Crippen LogP contribution in [-0.4, -0.2) is 33.2 Å².